The van der Waals surface area contributed by atoms with Crippen LogP contribution < -0.4 is 15.6 Å². The average Bonchev–Trinajstić information content (AvgIpc) is 3.16. The van der Waals surface area contributed by atoms with Crippen molar-refractivity contribution >= 4 is 34.2 Å². The molecule has 0 bridgehead atoms. The van der Waals surface area contributed by atoms with E-state index in [4.69, 9.17) is 20.9 Å². The van der Waals surface area contributed by atoms with Gasteiger partial charge in [0.2, 0.25) is 11.5 Å². The molecule has 4 rings (SSSR count). The van der Waals surface area contributed by atoms with Crippen LogP contribution in [0.4, 0.5) is 5.69 Å². The van der Waals surface area contributed by atoms with E-state index in [9.17, 15) is 9.59 Å². The molecule has 2 heterocycles. The molecule has 2 aromatic heterocycles. The number of carbonyl (C=O) groups is 1. The van der Waals surface area contributed by atoms with Gasteiger partial charge in [0.25, 0.3) is 5.56 Å². The van der Waals surface area contributed by atoms with Crippen molar-refractivity contribution in [2.75, 3.05) is 12.4 Å². The normalized spacial score (nSPS) is 11.0. The third-order valence-electron chi connectivity index (χ3n) is 5.05. The number of halogens is 1. The van der Waals surface area contributed by atoms with Gasteiger partial charge in [-0.1, -0.05) is 28.9 Å². The number of anilines is 1. The van der Waals surface area contributed by atoms with E-state index in [1.807, 2.05) is 24.3 Å². The molecule has 0 unspecified atom stereocenters. The Morgan fingerprint density at radius 1 is 1.22 bits per heavy atom. The Labute approximate surface area is 188 Å². The van der Waals surface area contributed by atoms with Gasteiger partial charge < -0.3 is 14.6 Å². The van der Waals surface area contributed by atoms with Crippen molar-refractivity contribution in [2.24, 2.45) is 0 Å². The van der Waals surface area contributed by atoms with Gasteiger partial charge in [-0.05, 0) is 49.2 Å². The lowest BCUT2D eigenvalue weighted by atomic mass is 10.1. The fourth-order valence-electron chi connectivity index (χ4n) is 3.51. The SMILES string of the molecule is COc1ccc(NC(C)=O)cc1-c1nn(CCc2ccc(Cl)cc2)c(=O)c2c(C)noc12. The number of aromatic nitrogens is 3. The smallest absolute Gasteiger partial charge is 0.279 e. The van der Waals surface area contributed by atoms with E-state index >= 15 is 0 Å². The van der Waals surface area contributed by atoms with Crippen LogP contribution in [-0.4, -0.2) is 28.0 Å². The third-order valence-corrected chi connectivity index (χ3v) is 5.30. The van der Waals surface area contributed by atoms with Gasteiger partial charge in [0.15, 0.2) is 0 Å². The molecule has 164 valence electrons. The second-order valence-electron chi connectivity index (χ2n) is 7.32. The molecule has 0 aliphatic rings. The van der Waals surface area contributed by atoms with E-state index in [0.717, 1.165) is 5.56 Å². The fraction of sp³-hybridized carbons (Fsp3) is 0.217. The van der Waals surface area contributed by atoms with Crippen LogP contribution in [0, 0.1) is 6.92 Å². The second-order valence-corrected chi connectivity index (χ2v) is 7.76. The summed E-state index contributed by atoms with van der Waals surface area (Å²) in [5.41, 5.74) is 3.03. The molecule has 0 aliphatic carbocycles. The minimum atomic E-state index is -0.284. The Bertz CT molecular complexity index is 1360. The number of methoxy groups -OCH3 is 1. The predicted octanol–water partition coefficient (Wildman–Crippen LogP) is 4.22. The van der Waals surface area contributed by atoms with Crippen LogP contribution in [0.1, 0.15) is 18.2 Å². The summed E-state index contributed by atoms with van der Waals surface area (Å²) in [4.78, 5) is 24.7. The predicted molar refractivity (Wildman–Crippen MR) is 122 cm³/mol. The van der Waals surface area contributed by atoms with Crippen molar-refractivity contribution in [3.05, 3.63) is 69.1 Å². The summed E-state index contributed by atoms with van der Waals surface area (Å²) in [6, 6.07) is 12.6. The number of nitrogens with one attached hydrogen (secondary N) is 1. The highest BCUT2D eigenvalue weighted by Crippen LogP contribution is 2.35. The number of ether oxygens (including phenoxy) is 1. The van der Waals surface area contributed by atoms with Crippen LogP contribution >= 0.6 is 11.6 Å². The Morgan fingerprint density at radius 3 is 2.66 bits per heavy atom. The number of rotatable bonds is 6. The van der Waals surface area contributed by atoms with Gasteiger partial charge in [-0.2, -0.15) is 5.10 Å². The van der Waals surface area contributed by atoms with Crippen LogP contribution in [0.3, 0.4) is 0 Å². The van der Waals surface area contributed by atoms with E-state index in [0.29, 0.717) is 51.8 Å². The quantitative estimate of drug-likeness (QED) is 0.470. The highest BCUT2D eigenvalue weighted by Gasteiger charge is 2.22. The van der Waals surface area contributed by atoms with Gasteiger partial charge in [-0.25, -0.2) is 4.68 Å². The van der Waals surface area contributed by atoms with E-state index in [1.54, 1.807) is 25.1 Å². The summed E-state index contributed by atoms with van der Waals surface area (Å²) in [5.74, 6) is 0.313. The maximum absolute atomic E-state index is 13.1. The molecule has 0 radical (unpaired) electrons. The minimum absolute atomic E-state index is 0.206. The molecule has 32 heavy (non-hydrogen) atoms. The third kappa shape index (κ3) is 4.22. The van der Waals surface area contributed by atoms with Crippen LogP contribution in [0.15, 0.2) is 51.8 Å². The van der Waals surface area contributed by atoms with E-state index in [-0.39, 0.29) is 17.0 Å². The summed E-state index contributed by atoms with van der Waals surface area (Å²) in [5, 5.41) is 12.3. The Kier molecular flexibility index (Phi) is 5.96. The van der Waals surface area contributed by atoms with Crippen LogP contribution in [0.2, 0.25) is 5.02 Å². The summed E-state index contributed by atoms with van der Waals surface area (Å²) in [6.07, 6.45) is 0.586. The number of benzene rings is 2. The van der Waals surface area contributed by atoms with Gasteiger partial charge >= 0.3 is 0 Å². The molecule has 0 saturated carbocycles. The Balaban J connectivity index is 1.84. The topological polar surface area (TPSA) is 99.2 Å². The molecule has 2 aromatic carbocycles. The van der Waals surface area contributed by atoms with Crippen molar-refractivity contribution in [3.8, 4) is 17.0 Å². The molecule has 0 atom stereocenters. The first-order chi connectivity index (χ1) is 15.4. The number of nitrogens with zero attached hydrogens (tertiary/aromatic N) is 3. The molecule has 1 N–H and O–H groups in total. The lowest BCUT2D eigenvalue weighted by molar-refractivity contribution is -0.114. The fourth-order valence-corrected chi connectivity index (χ4v) is 3.64. The van der Waals surface area contributed by atoms with Crippen LogP contribution in [0.25, 0.3) is 22.2 Å². The minimum Gasteiger partial charge on any atom is -0.496 e. The largest absolute Gasteiger partial charge is 0.496 e. The number of amides is 1. The molecule has 0 fully saturated rings. The second kappa shape index (κ2) is 8.84. The molecule has 9 heteroatoms. The number of hydrogen-bond donors (Lipinski definition) is 1. The monoisotopic (exact) mass is 452 g/mol. The molecule has 1 amide bonds. The van der Waals surface area contributed by atoms with Crippen LogP contribution in [-0.2, 0) is 17.8 Å². The van der Waals surface area contributed by atoms with Gasteiger partial charge in [-0.3, -0.25) is 9.59 Å². The lowest BCUT2D eigenvalue weighted by Gasteiger charge is -2.13. The van der Waals surface area contributed by atoms with Gasteiger partial charge in [0, 0.05) is 24.2 Å². The van der Waals surface area contributed by atoms with E-state index in [2.05, 4.69) is 15.6 Å². The van der Waals surface area contributed by atoms with E-state index in [1.165, 1.54) is 18.7 Å². The zero-order valence-electron chi connectivity index (χ0n) is 17.8. The highest BCUT2D eigenvalue weighted by molar-refractivity contribution is 6.30. The Morgan fingerprint density at radius 2 is 1.97 bits per heavy atom. The average molecular weight is 453 g/mol. The summed E-state index contributed by atoms with van der Waals surface area (Å²) in [7, 11) is 1.54. The number of hydrogen-bond acceptors (Lipinski definition) is 6. The molecule has 0 aliphatic heterocycles. The molecular weight excluding hydrogens is 432 g/mol. The molecule has 8 nitrogen and oxygen atoms in total. The zero-order chi connectivity index (χ0) is 22.8. The van der Waals surface area contributed by atoms with Crippen molar-refractivity contribution in [2.45, 2.75) is 26.8 Å². The first-order valence-corrected chi connectivity index (χ1v) is 10.3. The standard InChI is InChI=1S/C23H21ClN4O4/c1-13-20-22(32-27-13)21(18-12-17(25-14(2)29)8-9-19(18)31-3)26-28(23(20)30)11-10-15-4-6-16(24)7-5-15/h4-9,12H,10-11H2,1-3H3,(H,25,29). The number of carbonyl (C=O) groups excluding carboxylic acids is 1. The van der Waals surface area contributed by atoms with E-state index < -0.39 is 0 Å². The molecule has 4 aromatic rings. The summed E-state index contributed by atoms with van der Waals surface area (Å²) < 4.78 is 12.4. The lowest BCUT2D eigenvalue weighted by Crippen LogP contribution is -2.25. The van der Waals surface area contributed by atoms with Gasteiger partial charge in [0.05, 0.1) is 18.4 Å². The molecule has 0 spiro atoms. The first kappa shape index (κ1) is 21.6. The molecule has 0 saturated heterocycles. The first-order valence-electron chi connectivity index (χ1n) is 9.95. The highest BCUT2D eigenvalue weighted by atomic mass is 35.5. The van der Waals surface area contributed by atoms with Gasteiger partial charge in [0.1, 0.15) is 16.8 Å². The van der Waals surface area contributed by atoms with Crippen molar-refractivity contribution < 1.29 is 14.1 Å². The summed E-state index contributed by atoms with van der Waals surface area (Å²) >= 11 is 5.96. The number of aryl methyl sites for hydroxylation is 3. The van der Waals surface area contributed by atoms with Gasteiger partial charge in [-0.15, -0.1) is 0 Å². The maximum Gasteiger partial charge on any atom is 0.279 e. The zero-order valence-corrected chi connectivity index (χ0v) is 18.6. The number of fused-ring (bicyclic) bond motifs is 1. The summed E-state index contributed by atoms with van der Waals surface area (Å²) in [6.45, 7) is 3.49. The Hall–Kier alpha value is -3.65. The van der Waals surface area contributed by atoms with Crippen molar-refractivity contribution in [1.82, 2.24) is 14.9 Å². The van der Waals surface area contributed by atoms with Crippen molar-refractivity contribution in [3.63, 3.8) is 0 Å². The molecular formula is C23H21ClN4O4. The van der Waals surface area contributed by atoms with Crippen molar-refractivity contribution in [1.29, 1.82) is 0 Å². The van der Waals surface area contributed by atoms with Crippen LogP contribution in [0.5, 0.6) is 5.75 Å². The maximum atomic E-state index is 13.1.